The van der Waals surface area contributed by atoms with Crippen LogP contribution in [0.15, 0.2) is 186 Å². The number of benzene rings is 10. The van der Waals surface area contributed by atoms with Gasteiger partial charge in [0.2, 0.25) is 0 Å². The Kier molecular flexibility index (Phi) is 6.28. The first-order valence-electron chi connectivity index (χ1n) is 18.5. The molecule has 0 bridgehead atoms. The van der Waals surface area contributed by atoms with Gasteiger partial charge in [0.1, 0.15) is 11.2 Å². The SMILES string of the molecule is c1ccc(-c2c3ccccc3c(-c3ccc(-c4ccc5cc6oc7cc8c(cc7c6cc5c4)sc4ccccc48)c4ccccc34)c3ccccc23)cc1. The summed E-state index contributed by atoms with van der Waals surface area (Å²) in [6.07, 6.45) is 0. The van der Waals surface area contributed by atoms with Crippen LogP contribution >= 0.6 is 11.3 Å². The highest BCUT2D eigenvalue weighted by atomic mass is 32.1. The van der Waals surface area contributed by atoms with Gasteiger partial charge in [-0.05, 0) is 113 Å². The first-order valence-corrected chi connectivity index (χ1v) is 19.3. The molecule has 0 saturated carbocycles. The monoisotopic (exact) mass is 702 g/mol. The second-order valence-corrected chi connectivity index (χ2v) is 15.5. The highest BCUT2D eigenvalue weighted by molar-refractivity contribution is 7.25. The topological polar surface area (TPSA) is 13.1 Å². The van der Waals surface area contributed by atoms with Crippen molar-refractivity contribution < 1.29 is 4.42 Å². The van der Waals surface area contributed by atoms with Crippen molar-refractivity contribution in [2.75, 3.05) is 0 Å². The molecule has 0 spiro atoms. The Morgan fingerprint density at radius 1 is 0.296 bits per heavy atom. The van der Waals surface area contributed by atoms with Crippen LogP contribution < -0.4 is 0 Å². The highest BCUT2D eigenvalue weighted by Gasteiger charge is 2.19. The second kappa shape index (κ2) is 11.4. The Balaban J connectivity index is 1.06. The van der Waals surface area contributed by atoms with E-state index in [1.807, 2.05) is 11.3 Å². The van der Waals surface area contributed by atoms with E-state index in [-0.39, 0.29) is 0 Å². The van der Waals surface area contributed by atoms with Crippen LogP contribution in [0.3, 0.4) is 0 Å². The molecule has 0 aliphatic carbocycles. The molecule has 0 amide bonds. The van der Waals surface area contributed by atoms with E-state index >= 15 is 0 Å². The standard InChI is InChI=1S/C52H30OS/c1-2-12-31(13-3-1)51-39-17-6-8-19-41(39)52(42-20-9-7-18-40(42)51)43-25-24-35(36-14-4-5-15-37(36)43)33-23-22-32-28-47-44(27-34(32)26-33)45-30-50-46(29-48(45)53-47)38-16-10-11-21-49(38)54-50/h1-30H. The maximum Gasteiger partial charge on any atom is 0.136 e. The van der Waals surface area contributed by atoms with Crippen molar-refractivity contribution in [1.29, 1.82) is 0 Å². The molecule has 54 heavy (non-hydrogen) atoms. The molecule has 12 rings (SSSR count). The van der Waals surface area contributed by atoms with E-state index < -0.39 is 0 Å². The van der Waals surface area contributed by atoms with E-state index in [1.165, 1.54) is 102 Å². The van der Waals surface area contributed by atoms with Crippen molar-refractivity contribution in [3.63, 3.8) is 0 Å². The molecule has 1 nitrogen and oxygen atoms in total. The van der Waals surface area contributed by atoms with Gasteiger partial charge >= 0.3 is 0 Å². The van der Waals surface area contributed by atoms with Gasteiger partial charge in [0, 0.05) is 30.9 Å². The zero-order valence-corrected chi connectivity index (χ0v) is 30.0. The normalized spacial score (nSPS) is 12.1. The van der Waals surface area contributed by atoms with Crippen LogP contribution in [0.4, 0.5) is 0 Å². The molecular weight excluding hydrogens is 673 g/mol. The van der Waals surface area contributed by atoms with Crippen LogP contribution in [-0.2, 0) is 0 Å². The number of hydrogen-bond acceptors (Lipinski definition) is 2. The third-order valence-corrected chi connectivity index (χ3v) is 12.6. The van der Waals surface area contributed by atoms with Gasteiger partial charge in [0.15, 0.2) is 0 Å². The third-order valence-electron chi connectivity index (χ3n) is 11.4. The molecule has 12 aromatic rings. The van der Waals surface area contributed by atoms with Crippen molar-refractivity contribution in [3.8, 4) is 33.4 Å². The molecule has 0 aliphatic heterocycles. The predicted molar refractivity (Wildman–Crippen MR) is 233 cm³/mol. The van der Waals surface area contributed by atoms with Gasteiger partial charge in [-0.3, -0.25) is 0 Å². The zero-order chi connectivity index (χ0) is 35.3. The molecule has 0 N–H and O–H groups in total. The molecule has 2 heteroatoms. The van der Waals surface area contributed by atoms with E-state index in [9.17, 15) is 0 Å². The lowest BCUT2D eigenvalue weighted by Crippen LogP contribution is -1.92. The highest BCUT2D eigenvalue weighted by Crippen LogP contribution is 2.47. The summed E-state index contributed by atoms with van der Waals surface area (Å²) in [6, 6.07) is 66.8. The van der Waals surface area contributed by atoms with Crippen LogP contribution in [0, 0.1) is 0 Å². The van der Waals surface area contributed by atoms with Crippen LogP contribution in [-0.4, -0.2) is 0 Å². The smallest absolute Gasteiger partial charge is 0.136 e. The summed E-state index contributed by atoms with van der Waals surface area (Å²) in [5, 5.41) is 14.8. The lowest BCUT2D eigenvalue weighted by atomic mass is 9.84. The maximum atomic E-state index is 6.51. The summed E-state index contributed by atoms with van der Waals surface area (Å²) in [4.78, 5) is 0. The van der Waals surface area contributed by atoms with Gasteiger partial charge in [-0.15, -0.1) is 11.3 Å². The summed E-state index contributed by atoms with van der Waals surface area (Å²) < 4.78 is 9.12. The average Bonchev–Trinajstić information content (AvgIpc) is 3.77. The molecule has 0 fully saturated rings. The van der Waals surface area contributed by atoms with Crippen LogP contribution in [0.5, 0.6) is 0 Å². The van der Waals surface area contributed by atoms with Crippen molar-refractivity contribution in [3.05, 3.63) is 182 Å². The summed E-state index contributed by atoms with van der Waals surface area (Å²) in [5.74, 6) is 0. The first-order chi connectivity index (χ1) is 26.8. The van der Waals surface area contributed by atoms with Gasteiger partial charge in [-0.25, -0.2) is 0 Å². The average molecular weight is 703 g/mol. The predicted octanol–water partition coefficient (Wildman–Crippen LogP) is 15.6. The molecule has 10 aromatic carbocycles. The lowest BCUT2D eigenvalue weighted by molar-refractivity contribution is 0.670. The first kappa shape index (κ1) is 29.8. The largest absolute Gasteiger partial charge is 0.456 e. The van der Waals surface area contributed by atoms with Crippen molar-refractivity contribution >= 4 is 96.5 Å². The molecule has 0 aliphatic rings. The molecule has 0 atom stereocenters. The Bertz CT molecular complexity index is 3440. The van der Waals surface area contributed by atoms with Crippen LogP contribution in [0.25, 0.3) is 119 Å². The zero-order valence-electron chi connectivity index (χ0n) is 29.1. The molecule has 0 saturated heterocycles. The number of thiophene rings is 1. The number of hydrogen-bond donors (Lipinski definition) is 0. The molecule has 2 aromatic heterocycles. The molecule has 0 radical (unpaired) electrons. The summed E-state index contributed by atoms with van der Waals surface area (Å²) in [5.41, 5.74) is 9.37. The van der Waals surface area contributed by atoms with E-state index in [1.54, 1.807) is 0 Å². The fourth-order valence-electron chi connectivity index (χ4n) is 9.01. The minimum absolute atomic E-state index is 0.930. The Labute approximate surface area is 314 Å². The fraction of sp³-hybridized carbons (Fsp3) is 0. The fourth-order valence-corrected chi connectivity index (χ4v) is 10.1. The Morgan fingerprint density at radius 2 is 0.870 bits per heavy atom. The number of fused-ring (bicyclic) bond motifs is 10. The van der Waals surface area contributed by atoms with Gasteiger partial charge in [0.25, 0.3) is 0 Å². The van der Waals surface area contributed by atoms with Crippen molar-refractivity contribution in [2.45, 2.75) is 0 Å². The lowest BCUT2D eigenvalue weighted by Gasteiger charge is -2.19. The van der Waals surface area contributed by atoms with E-state index in [0.717, 1.165) is 16.6 Å². The molecule has 2 heterocycles. The second-order valence-electron chi connectivity index (χ2n) is 14.4. The minimum Gasteiger partial charge on any atom is -0.456 e. The van der Waals surface area contributed by atoms with E-state index in [0.29, 0.717) is 0 Å². The molecule has 0 unspecified atom stereocenters. The third kappa shape index (κ3) is 4.32. The van der Waals surface area contributed by atoms with E-state index in [2.05, 4.69) is 182 Å². The Hall–Kier alpha value is -6.74. The number of rotatable bonds is 3. The van der Waals surface area contributed by atoms with Crippen LogP contribution in [0.1, 0.15) is 0 Å². The molecule has 250 valence electrons. The molecular formula is C52H30OS. The van der Waals surface area contributed by atoms with Crippen molar-refractivity contribution in [2.24, 2.45) is 0 Å². The summed E-state index contributed by atoms with van der Waals surface area (Å²) >= 11 is 1.85. The summed E-state index contributed by atoms with van der Waals surface area (Å²) in [6.45, 7) is 0. The number of furan rings is 1. The quantitative estimate of drug-likeness (QED) is 0.167. The maximum absolute atomic E-state index is 6.51. The van der Waals surface area contributed by atoms with Gasteiger partial charge in [-0.2, -0.15) is 0 Å². The van der Waals surface area contributed by atoms with Crippen molar-refractivity contribution in [1.82, 2.24) is 0 Å². The van der Waals surface area contributed by atoms with Crippen LogP contribution in [0.2, 0.25) is 0 Å². The van der Waals surface area contributed by atoms with Gasteiger partial charge < -0.3 is 4.42 Å². The summed E-state index contributed by atoms with van der Waals surface area (Å²) in [7, 11) is 0. The Morgan fingerprint density at radius 3 is 1.61 bits per heavy atom. The van der Waals surface area contributed by atoms with E-state index in [4.69, 9.17) is 4.42 Å². The minimum atomic E-state index is 0.930. The van der Waals surface area contributed by atoms with Gasteiger partial charge in [0.05, 0.1) is 0 Å². The van der Waals surface area contributed by atoms with Gasteiger partial charge in [-0.1, -0.05) is 146 Å².